The van der Waals surface area contributed by atoms with E-state index in [1.54, 1.807) is 0 Å². The third-order valence-corrected chi connectivity index (χ3v) is 1.51. The lowest BCUT2D eigenvalue weighted by atomic mass is 10.4. The van der Waals surface area contributed by atoms with Crippen LogP contribution in [0.15, 0.2) is 10.9 Å². The first-order valence-electron chi connectivity index (χ1n) is 4.28. The molecule has 0 saturated carbocycles. The Labute approximate surface area is 85.7 Å². The van der Waals surface area contributed by atoms with E-state index in [1.807, 2.05) is 0 Å². The highest BCUT2D eigenvalue weighted by atomic mass is 16.5. The maximum absolute atomic E-state index is 11.1. The van der Waals surface area contributed by atoms with Crippen LogP contribution >= 0.6 is 0 Å². The van der Waals surface area contributed by atoms with Gasteiger partial charge in [0.1, 0.15) is 0 Å². The molecule has 0 aliphatic rings. The molecule has 0 saturated heterocycles. The Morgan fingerprint density at radius 2 is 2.40 bits per heavy atom. The number of rotatable bonds is 5. The molecule has 0 bridgehead atoms. The van der Waals surface area contributed by atoms with E-state index in [-0.39, 0.29) is 18.4 Å². The monoisotopic (exact) mass is 212 g/mol. The van der Waals surface area contributed by atoms with Crippen molar-refractivity contribution in [3.63, 3.8) is 0 Å². The molecule has 1 rings (SSSR count). The number of hydrogen-bond donors (Lipinski definition) is 4. The second-order valence-electron chi connectivity index (χ2n) is 2.70. The first-order chi connectivity index (χ1) is 7.18. The van der Waals surface area contributed by atoms with Crippen molar-refractivity contribution in [2.45, 2.75) is 6.42 Å². The molecular formula is C7H12N6O2. The number of nitrogens with zero attached hydrogens (tertiary/aromatic N) is 2. The predicted octanol–water partition coefficient (Wildman–Crippen LogP) is -1.79. The summed E-state index contributed by atoms with van der Waals surface area (Å²) in [4.78, 5) is 14.9. The third-order valence-electron chi connectivity index (χ3n) is 1.51. The molecule has 5 N–H and O–H groups in total. The third kappa shape index (κ3) is 4.60. The number of carbonyl (C=O) groups excluding carboxylic acids is 1. The fourth-order valence-electron chi connectivity index (χ4n) is 0.853. The second kappa shape index (κ2) is 5.58. The first kappa shape index (κ1) is 11.0. The first-order valence-corrected chi connectivity index (χ1v) is 4.28. The van der Waals surface area contributed by atoms with E-state index in [2.05, 4.69) is 20.8 Å². The van der Waals surface area contributed by atoms with Crippen molar-refractivity contribution in [2.24, 2.45) is 5.73 Å². The number of guanidine groups is 1. The van der Waals surface area contributed by atoms with Crippen molar-refractivity contribution in [3.05, 3.63) is 12.2 Å². The van der Waals surface area contributed by atoms with Gasteiger partial charge in [0.25, 0.3) is 0 Å². The molecular weight excluding hydrogens is 200 g/mol. The van der Waals surface area contributed by atoms with E-state index in [0.717, 1.165) is 0 Å². The molecule has 0 fully saturated rings. The highest BCUT2D eigenvalue weighted by Gasteiger charge is 2.02. The second-order valence-corrected chi connectivity index (χ2v) is 2.70. The van der Waals surface area contributed by atoms with Crippen molar-refractivity contribution in [2.75, 3.05) is 13.1 Å². The van der Waals surface area contributed by atoms with Crippen LogP contribution < -0.4 is 16.4 Å². The summed E-state index contributed by atoms with van der Waals surface area (Å²) in [7, 11) is 0. The number of carbonyl (C=O) groups is 1. The van der Waals surface area contributed by atoms with Gasteiger partial charge in [-0.05, 0) is 0 Å². The lowest BCUT2D eigenvalue weighted by molar-refractivity contribution is -0.119. The van der Waals surface area contributed by atoms with Gasteiger partial charge in [0.05, 0.1) is 6.54 Å². The van der Waals surface area contributed by atoms with E-state index < -0.39 is 0 Å². The highest BCUT2D eigenvalue weighted by Crippen LogP contribution is 1.89. The number of nitrogens with two attached hydrogens (primary N) is 1. The maximum atomic E-state index is 11.1. The van der Waals surface area contributed by atoms with E-state index in [9.17, 15) is 4.79 Å². The summed E-state index contributed by atoms with van der Waals surface area (Å²) in [5.41, 5.74) is 5.01. The molecule has 8 nitrogen and oxygen atoms in total. The molecule has 0 atom stereocenters. The molecule has 1 aromatic heterocycles. The Balaban J connectivity index is 2.09. The van der Waals surface area contributed by atoms with Gasteiger partial charge in [0.2, 0.25) is 11.8 Å². The standard InChI is InChI=1S/C7H12N6O2/c8-7(9)11-3-5(14)10-2-1-6-12-4-13-15-6/h4H,1-3H2,(H,10,14)(H4,8,9,11). The van der Waals surface area contributed by atoms with Gasteiger partial charge in [-0.3, -0.25) is 10.2 Å². The summed E-state index contributed by atoms with van der Waals surface area (Å²) in [6.07, 6.45) is 1.78. The van der Waals surface area contributed by atoms with Gasteiger partial charge in [-0.2, -0.15) is 4.98 Å². The molecule has 0 spiro atoms. The Kier molecular flexibility index (Phi) is 4.07. The van der Waals surface area contributed by atoms with Gasteiger partial charge >= 0.3 is 0 Å². The molecule has 15 heavy (non-hydrogen) atoms. The van der Waals surface area contributed by atoms with E-state index >= 15 is 0 Å². The predicted molar refractivity (Wildman–Crippen MR) is 50.9 cm³/mol. The molecule has 1 amide bonds. The number of nitrogens with one attached hydrogen (secondary N) is 3. The van der Waals surface area contributed by atoms with Gasteiger partial charge in [0, 0.05) is 13.0 Å². The molecule has 8 heteroatoms. The minimum atomic E-state index is -0.246. The number of amides is 1. The van der Waals surface area contributed by atoms with Crippen LogP contribution in [0.3, 0.4) is 0 Å². The van der Waals surface area contributed by atoms with Gasteiger partial charge < -0.3 is 20.9 Å². The van der Waals surface area contributed by atoms with Gasteiger partial charge in [-0.1, -0.05) is 5.16 Å². The topological polar surface area (TPSA) is 130 Å². The van der Waals surface area contributed by atoms with Crippen LogP contribution in [0.1, 0.15) is 5.89 Å². The minimum absolute atomic E-state index is 0.0147. The van der Waals surface area contributed by atoms with Gasteiger partial charge in [-0.25, -0.2) is 0 Å². The van der Waals surface area contributed by atoms with Gasteiger partial charge in [0.15, 0.2) is 12.3 Å². The summed E-state index contributed by atoms with van der Waals surface area (Å²) < 4.78 is 4.73. The normalized spacial score (nSPS) is 9.60. The smallest absolute Gasteiger partial charge is 0.239 e. The number of aromatic nitrogens is 2. The Bertz CT molecular complexity index is 322. The zero-order valence-corrected chi connectivity index (χ0v) is 7.99. The van der Waals surface area contributed by atoms with Crippen molar-refractivity contribution in [1.29, 1.82) is 5.41 Å². The van der Waals surface area contributed by atoms with Crippen LogP contribution in [0.2, 0.25) is 0 Å². The molecule has 0 aromatic carbocycles. The maximum Gasteiger partial charge on any atom is 0.239 e. The quantitative estimate of drug-likeness (QED) is 0.337. The van der Waals surface area contributed by atoms with Crippen LogP contribution in [0.4, 0.5) is 0 Å². The van der Waals surface area contributed by atoms with Crippen molar-refractivity contribution >= 4 is 11.9 Å². The van der Waals surface area contributed by atoms with E-state index in [1.165, 1.54) is 6.33 Å². The summed E-state index contributed by atoms with van der Waals surface area (Å²) >= 11 is 0. The summed E-state index contributed by atoms with van der Waals surface area (Å²) in [5.74, 6) is -0.0124. The van der Waals surface area contributed by atoms with Crippen LogP contribution in [0, 0.1) is 5.41 Å². The Morgan fingerprint density at radius 3 is 3.00 bits per heavy atom. The Hall–Kier alpha value is -2.12. The molecule has 0 radical (unpaired) electrons. The van der Waals surface area contributed by atoms with Crippen LogP contribution in [0.5, 0.6) is 0 Å². The van der Waals surface area contributed by atoms with Gasteiger partial charge in [-0.15, -0.1) is 0 Å². The van der Waals surface area contributed by atoms with Crippen molar-refractivity contribution in [3.8, 4) is 0 Å². The fourth-order valence-corrected chi connectivity index (χ4v) is 0.853. The van der Waals surface area contributed by atoms with Crippen LogP contribution in [-0.4, -0.2) is 35.1 Å². The summed E-state index contributed by atoms with van der Waals surface area (Å²) in [5, 5.41) is 15.2. The van der Waals surface area contributed by atoms with Crippen LogP contribution in [-0.2, 0) is 11.2 Å². The minimum Gasteiger partial charge on any atom is -0.370 e. The van der Waals surface area contributed by atoms with Crippen molar-refractivity contribution in [1.82, 2.24) is 20.8 Å². The SMILES string of the molecule is N=C(N)NCC(=O)NCCc1ncno1. The van der Waals surface area contributed by atoms with E-state index in [0.29, 0.717) is 18.9 Å². The Morgan fingerprint density at radius 1 is 1.60 bits per heavy atom. The highest BCUT2D eigenvalue weighted by molar-refractivity contribution is 5.83. The fraction of sp³-hybridized carbons (Fsp3) is 0.429. The largest absolute Gasteiger partial charge is 0.370 e. The average Bonchev–Trinajstić information content (AvgIpc) is 2.67. The molecule has 0 unspecified atom stereocenters. The number of hydrogen-bond acceptors (Lipinski definition) is 5. The zero-order chi connectivity index (χ0) is 11.1. The van der Waals surface area contributed by atoms with Crippen LogP contribution in [0.25, 0.3) is 0 Å². The molecule has 82 valence electrons. The molecule has 0 aliphatic heterocycles. The average molecular weight is 212 g/mol. The lowest BCUT2D eigenvalue weighted by Crippen LogP contribution is -2.40. The lowest BCUT2D eigenvalue weighted by Gasteiger charge is -2.04. The summed E-state index contributed by atoms with van der Waals surface area (Å²) in [6, 6.07) is 0. The zero-order valence-electron chi connectivity index (χ0n) is 7.99. The molecule has 1 aromatic rings. The molecule has 1 heterocycles. The molecule has 0 aliphatic carbocycles. The van der Waals surface area contributed by atoms with Crippen molar-refractivity contribution < 1.29 is 9.32 Å². The van der Waals surface area contributed by atoms with E-state index in [4.69, 9.17) is 15.7 Å². The summed E-state index contributed by atoms with van der Waals surface area (Å²) in [6.45, 7) is 0.389.